The summed E-state index contributed by atoms with van der Waals surface area (Å²) in [5.74, 6) is 0. The van der Waals surface area contributed by atoms with Crippen molar-refractivity contribution in [3.8, 4) is 5.69 Å². The lowest BCUT2D eigenvalue weighted by Gasteiger charge is -2.09. The Bertz CT molecular complexity index is 1280. The molecule has 0 unspecified atom stereocenters. The lowest BCUT2D eigenvalue weighted by molar-refractivity contribution is -0.538. The maximum Gasteiger partial charge on any atom is 0.239 e. The Balaban J connectivity index is 1.78. The van der Waals surface area contributed by atoms with Crippen LogP contribution in [0.4, 0.5) is 11.4 Å². The van der Waals surface area contributed by atoms with Crippen LogP contribution in [-0.4, -0.2) is 4.98 Å². The van der Waals surface area contributed by atoms with Crippen molar-refractivity contribution in [3.63, 3.8) is 0 Å². The summed E-state index contributed by atoms with van der Waals surface area (Å²) in [5, 5.41) is 3.49. The van der Waals surface area contributed by atoms with Crippen LogP contribution in [0.2, 0.25) is 0 Å². The van der Waals surface area contributed by atoms with E-state index in [0.29, 0.717) is 0 Å². The summed E-state index contributed by atoms with van der Waals surface area (Å²) in [6.07, 6.45) is 0. The molecular weight excluding hydrogens is 342 g/mol. The first-order valence-corrected chi connectivity index (χ1v) is 9.42. The Morgan fingerprint density at radius 3 is 2.18 bits per heavy atom. The summed E-state index contributed by atoms with van der Waals surface area (Å²) in [5.41, 5.74) is 8.58. The second-order valence-corrected chi connectivity index (χ2v) is 6.97. The monoisotopic (exact) mass is 362 g/mol. The normalized spacial score (nSPS) is 11.0. The van der Waals surface area contributed by atoms with Crippen LogP contribution in [0.15, 0.2) is 97.1 Å². The molecule has 4 aromatic carbocycles. The zero-order chi connectivity index (χ0) is 18.9. The Morgan fingerprint density at radius 2 is 1.39 bits per heavy atom. The van der Waals surface area contributed by atoms with E-state index in [1.165, 1.54) is 5.56 Å². The average molecular weight is 362 g/mol. The van der Waals surface area contributed by atoms with E-state index >= 15 is 0 Å². The highest BCUT2D eigenvalue weighted by Crippen LogP contribution is 2.23. The molecule has 0 amide bonds. The molecule has 0 saturated heterocycles. The largest absolute Gasteiger partial charge is 0.355 e. The number of nitrogens with one attached hydrogen (secondary N) is 1. The van der Waals surface area contributed by atoms with Crippen LogP contribution in [0.3, 0.4) is 0 Å². The van der Waals surface area contributed by atoms with Gasteiger partial charge in [0, 0.05) is 35.6 Å². The Hall–Kier alpha value is -3.72. The summed E-state index contributed by atoms with van der Waals surface area (Å²) >= 11 is 0. The van der Waals surface area contributed by atoms with Gasteiger partial charge in [0.05, 0.1) is 0 Å². The van der Waals surface area contributed by atoms with Gasteiger partial charge < -0.3 is 5.32 Å². The van der Waals surface area contributed by atoms with Gasteiger partial charge in [0.15, 0.2) is 0 Å². The third kappa shape index (κ3) is 2.97. The Kier molecular flexibility index (Phi) is 3.99. The predicted octanol–water partition coefficient (Wildman–Crippen LogP) is 5.72. The van der Waals surface area contributed by atoms with Crippen LogP contribution in [0.1, 0.15) is 5.56 Å². The number of hydrogen-bond acceptors (Lipinski definition) is 2. The lowest BCUT2D eigenvalue weighted by atomic mass is 10.1. The van der Waals surface area contributed by atoms with Crippen LogP contribution < -0.4 is 9.88 Å². The van der Waals surface area contributed by atoms with Crippen molar-refractivity contribution in [3.05, 3.63) is 103 Å². The second-order valence-electron chi connectivity index (χ2n) is 6.97. The lowest BCUT2D eigenvalue weighted by Crippen LogP contribution is -2.33. The van der Waals surface area contributed by atoms with E-state index in [-0.39, 0.29) is 0 Å². The van der Waals surface area contributed by atoms with E-state index in [4.69, 9.17) is 4.98 Å². The number of nitrogens with zero attached hydrogens (tertiary/aromatic N) is 2. The molecular formula is C25H20N3+. The fraction of sp³-hybridized carbons (Fsp3) is 0.0400. The summed E-state index contributed by atoms with van der Waals surface area (Å²) < 4.78 is 2.28. The molecule has 0 atom stereocenters. The summed E-state index contributed by atoms with van der Waals surface area (Å²) in [6, 6.07) is 33.4. The van der Waals surface area contributed by atoms with E-state index in [2.05, 4.69) is 89.6 Å². The molecule has 3 nitrogen and oxygen atoms in total. The third-order valence-electron chi connectivity index (χ3n) is 4.91. The minimum Gasteiger partial charge on any atom is -0.355 e. The molecule has 0 aliphatic heterocycles. The van der Waals surface area contributed by atoms with Crippen molar-refractivity contribution in [1.29, 1.82) is 0 Å². The number of para-hydroxylation sites is 2. The number of fused-ring (bicyclic) bond motifs is 2. The smallest absolute Gasteiger partial charge is 0.239 e. The van der Waals surface area contributed by atoms with Crippen molar-refractivity contribution >= 4 is 33.4 Å². The second kappa shape index (κ2) is 6.78. The van der Waals surface area contributed by atoms with Crippen molar-refractivity contribution in [2.75, 3.05) is 5.32 Å². The molecule has 0 bridgehead atoms. The number of hydrogen-bond donors (Lipinski definition) is 1. The molecule has 134 valence electrons. The van der Waals surface area contributed by atoms with Crippen LogP contribution in [0.5, 0.6) is 0 Å². The van der Waals surface area contributed by atoms with Gasteiger partial charge in [-0.15, -0.1) is 4.57 Å². The van der Waals surface area contributed by atoms with Crippen LogP contribution in [0, 0.1) is 6.92 Å². The molecule has 0 radical (unpaired) electrons. The van der Waals surface area contributed by atoms with Gasteiger partial charge in [-0.2, -0.15) is 0 Å². The molecule has 1 aromatic heterocycles. The average Bonchev–Trinajstić information content (AvgIpc) is 2.73. The van der Waals surface area contributed by atoms with Gasteiger partial charge in [-0.25, -0.2) is 4.98 Å². The number of anilines is 2. The Morgan fingerprint density at radius 1 is 0.643 bits per heavy atom. The van der Waals surface area contributed by atoms with Crippen molar-refractivity contribution in [2.45, 2.75) is 6.92 Å². The summed E-state index contributed by atoms with van der Waals surface area (Å²) in [4.78, 5) is 4.92. The van der Waals surface area contributed by atoms with Gasteiger partial charge in [0.25, 0.3) is 0 Å². The zero-order valence-electron chi connectivity index (χ0n) is 15.6. The van der Waals surface area contributed by atoms with E-state index in [1.807, 2.05) is 24.3 Å². The Labute approximate surface area is 163 Å². The number of rotatable bonds is 3. The molecule has 1 heterocycles. The van der Waals surface area contributed by atoms with Crippen molar-refractivity contribution in [1.82, 2.24) is 4.98 Å². The van der Waals surface area contributed by atoms with Gasteiger partial charge in [-0.05, 0) is 42.8 Å². The fourth-order valence-electron chi connectivity index (χ4n) is 3.59. The molecule has 3 heteroatoms. The third-order valence-corrected chi connectivity index (χ3v) is 4.91. The topological polar surface area (TPSA) is 28.8 Å². The number of aryl methyl sites for hydroxylation is 1. The van der Waals surface area contributed by atoms with Gasteiger partial charge >= 0.3 is 0 Å². The number of aromatic nitrogens is 2. The quantitative estimate of drug-likeness (QED) is 0.329. The predicted molar refractivity (Wildman–Crippen MR) is 115 cm³/mol. The van der Waals surface area contributed by atoms with Crippen molar-refractivity contribution in [2.24, 2.45) is 0 Å². The first kappa shape index (κ1) is 16.5. The SMILES string of the molecule is Cc1ccc2c(c1)nc1ccc(Nc3ccccc3)cc1[n+]2-c1ccccc1. The highest BCUT2D eigenvalue weighted by atomic mass is 15.0. The van der Waals surface area contributed by atoms with Crippen molar-refractivity contribution < 1.29 is 4.57 Å². The summed E-state index contributed by atoms with van der Waals surface area (Å²) in [6.45, 7) is 2.10. The summed E-state index contributed by atoms with van der Waals surface area (Å²) in [7, 11) is 0. The molecule has 0 saturated carbocycles. The standard InChI is InChI=1S/C25H19N3/c1-18-12-15-24-23(16-18)27-22-14-13-20(26-19-8-4-2-5-9-19)17-25(22)28(24)21-10-6-3-7-11-21/h2-17H,1H3/p+1. The molecule has 5 aromatic rings. The first-order valence-electron chi connectivity index (χ1n) is 9.42. The maximum atomic E-state index is 4.92. The molecule has 5 rings (SSSR count). The molecule has 0 spiro atoms. The molecule has 0 fully saturated rings. The van der Waals surface area contributed by atoms with Gasteiger partial charge in [0.2, 0.25) is 16.7 Å². The highest BCUT2D eigenvalue weighted by molar-refractivity contribution is 5.85. The molecule has 1 N–H and O–H groups in total. The minimum atomic E-state index is 0.973. The fourth-order valence-corrected chi connectivity index (χ4v) is 3.59. The minimum absolute atomic E-state index is 0.973. The first-order chi connectivity index (χ1) is 13.8. The van der Waals surface area contributed by atoms with E-state index < -0.39 is 0 Å². The molecule has 0 aliphatic carbocycles. The number of benzene rings is 4. The maximum absolute atomic E-state index is 4.92. The van der Waals surface area contributed by atoms with E-state index in [9.17, 15) is 0 Å². The molecule has 28 heavy (non-hydrogen) atoms. The van der Waals surface area contributed by atoms with Crippen LogP contribution in [-0.2, 0) is 0 Å². The van der Waals surface area contributed by atoms with Gasteiger partial charge in [-0.3, -0.25) is 0 Å². The van der Waals surface area contributed by atoms with Gasteiger partial charge in [-0.1, -0.05) is 42.5 Å². The van der Waals surface area contributed by atoms with E-state index in [0.717, 1.165) is 39.1 Å². The van der Waals surface area contributed by atoms with Crippen LogP contribution in [0.25, 0.3) is 27.8 Å². The van der Waals surface area contributed by atoms with Crippen LogP contribution >= 0.6 is 0 Å². The highest BCUT2D eigenvalue weighted by Gasteiger charge is 2.19. The van der Waals surface area contributed by atoms with Gasteiger partial charge in [0.1, 0.15) is 11.0 Å². The zero-order valence-corrected chi connectivity index (χ0v) is 15.6. The molecule has 0 aliphatic rings. The van der Waals surface area contributed by atoms with E-state index in [1.54, 1.807) is 0 Å².